The summed E-state index contributed by atoms with van der Waals surface area (Å²) >= 11 is 0. The fourth-order valence-electron chi connectivity index (χ4n) is 11.3. The Morgan fingerprint density at radius 3 is 2.19 bits per heavy atom. The molecule has 0 radical (unpaired) electrons. The van der Waals surface area contributed by atoms with Crippen LogP contribution in [0.1, 0.15) is 113 Å². The molecule has 0 spiro atoms. The van der Waals surface area contributed by atoms with Crippen molar-refractivity contribution in [1.29, 1.82) is 0 Å². The molecule has 4 unspecified atom stereocenters. The summed E-state index contributed by atoms with van der Waals surface area (Å²) in [4.78, 5) is 12.9. The van der Waals surface area contributed by atoms with Crippen molar-refractivity contribution in [2.75, 3.05) is 0 Å². The first-order valence-electron chi connectivity index (χ1n) is 13.5. The highest BCUT2D eigenvalue weighted by Gasteiger charge is 2.70. The fourth-order valence-corrected chi connectivity index (χ4v) is 11.3. The molecule has 1 nitrogen and oxygen atoms in total. The maximum Gasteiger partial charge on any atom is 0.138 e. The van der Waals surface area contributed by atoms with Crippen molar-refractivity contribution >= 4 is 5.78 Å². The molecule has 0 amide bonds. The molecule has 0 bridgehead atoms. The topological polar surface area (TPSA) is 17.1 Å². The van der Waals surface area contributed by atoms with Gasteiger partial charge in [-0.05, 0) is 116 Å². The van der Waals surface area contributed by atoms with E-state index in [0.29, 0.717) is 33.4 Å². The summed E-state index contributed by atoms with van der Waals surface area (Å²) in [6.07, 6.45) is 13.0. The van der Waals surface area contributed by atoms with Gasteiger partial charge in [0.15, 0.2) is 0 Å². The highest BCUT2D eigenvalue weighted by atomic mass is 16.1. The summed E-state index contributed by atoms with van der Waals surface area (Å²) < 4.78 is 0. The number of fused-ring (bicyclic) bond motifs is 7. The molecule has 174 valence electrons. The highest BCUT2D eigenvalue weighted by Crippen LogP contribution is 2.77. The van der Waals surface area contributed by atoms with Crippen LogP contribution in [0, 0.1) is 56.7 Å². The van der Waals surface area contributed by atoms with Gasteiger partial charge in [0.2, 0.25) is 0 Å². The zero-order valence-electron chi connectivity index (χ0n) is 21.6. The number of hydrogen-bond acceptors (Lipinski definition) is 1. The van der Waals surface area contributed by atoms with Crippen molar-refractivity contribution in [2.24, 2.45) is 56.7 Å². The normalized spacial score (nSPS) is 55.6. The fraction of sp³-hybridized carbons (Fsp3) is 0.900. The summed E-state index contributed by atoms with van der Waals surface area (Å²) in [5.41, 5.74) is 3.06. The van der Waals surface area contributed by atoms with Crippen LogP contribution in [0.2, 0.25) is 0 Å². The molecule has 5 rings (SSSR count). The predicted octanol–water partition coefficient (Wildman–Crippen LogP) is 8.23. The van der Waals surface area contributed by atoms with Gasteiger partial charge in [0.25, 0.3) is 0 Å². The maximum atomic E-state index is 12.9. The Kier molecular flexibility index (Phi) is 4.66. The molecule has 31 heavy (non-hydrogen) atoms. The van der Waals surface area contributed by atoms with Crippen molar-refractivity contribution in [3.05, 3.63) is 12.2 Å². The molecule has 5 fully saturated rings. The van der Waals surface area contributed by atoms with Crippen LogP contribution in [-0.4, -0.2) is 5.78 Å². The van der Waals surface area contributed by atoms with Gasteiger partial charge >= 0.3 is 0 Å². The van der Waals surface area contributed by atoms with Crippen molar-refractivity contribution in [2.45, 2.75) is 113 Å². The largest absolute Gasteiger partial charge is 0.299 e. The smallest absolute Gasteiger partial charge is 0.138 e. The molecular formula is C30H48O. The lowest BCUT2D eigenvalue weighted by Gasteiger charge is -2.72. The molecule has 0 aromatic heterocycles. The van der Waals surface area contributed by atoms with E-state index in [-0.39, 0.29) is 5.41 Å². The van der Waals surface area contributed by atoms with Crippen LogP contribution in [-0.2, 0) is 4.79 Å². The molecule has 0 aromatic rings. The number of rotatable bonds is 1. The molecule has 1 heteroatoms. The quantitative estimate of drug-likeness (QED) is 0.387. The Balaban J connectivity index is 1.55. The lowest BCUT2D eigenvalue weighted by atomic mass is 9.32. The number of ketones is 1. The monoisotopic (exact) mass is 424 g/mol. The zero-order valence-corrected chi connectivity index (χ0v) is 21.6. The third-order valence-electron chi connectivity index (χ3n) is 13.2. The van der Waals surface area contributed by atoms with E-state index in [0.717, 1.165) is 36.5 Å². The molecule has 5 aliphatic carbocycles. The van der Waals surface area contributed by atoms with Crippen LogP contribution in [0.25, 0.3) is 0 Å². The van der Waals surface area contributed by atoms with E-state index in [4.69, 9.17) is 0 Å². The molecule has 0 saturated heterocycles. The van der Waals surface area contributed by atoms with Crippen LogP contribution in [0.5, 0.6) is 0 Å². The average molecular weight is 425 g/mol. The minimum atomic E-state index is -0.131. The predicted molar refractivity (Wildman–Crippen MR) is 130 cm³/mol. The zero-order chi connectivity index (χ0) is 22.6. The van der Waals surface area contributed by atoms with Gasteiger partial charge in [-0.1, -0.05) is 53.7 Å². The van der Waals surface area contributed by atoms with Gasteiger partial charge in [-0.3, -0.25) is 4.79 Å². The second-order valence-corrected chi connectivity index (χ2v) is 14.5. The molecule has 5 aliphatic rings. The minimum Gasteiger partial charge on any atom is -0.299 e. The summed E-state index contributed by atoms with van der Waals surface area (Å²) in [5.74, 6) is 4.33. The summed E-state index contributed by atoms with van der Waals surface area (Å²) in [7, 11) is 0. The Bertz CT molecular complexity index is 807. The number of Topliss-reactive ketones (excluding diaryl/α,β-unsaturated/α-hetero) is 1. The molecule has 0 aromatic carbocycles. The van der Waals surface area contributed by atoms with E-state index in [9.17, 15) is 4.79 Å². The molecule has 0 aliphatic heterocycles. The number of allylic oxidation sites excluding steroid dienone is 1. The molecule has 9 atom stereocenters. The first kappa shape index (κ1) is 22.2. The van der Waals surface area contributed by atoms with Gasteiger partial charge in [0.05, 0.1) is 0 Å². The van der Waals surface area contributed by atoms with E-state index >= 15 is 0 Å². The van der Waals surface area contributed by atoms with Crippen LogP contribution in [0.3, 0.4) is 0 Å². The van der Waals surface area contributed by atoms with Gasteiger partial charge in [-0.15, -0.1) is 0 Å². The number of carbonyl (C=O) groups is 1. The van der Waals surface area contributed by atoms with E-state index in [2.05, 4.69) is 55.0 Å². The lowest BCUT2D eigenvalue weighted by Crippen LogP contribution is -2.66. The van der Waals surface area contributed by atoms with E-state index in [1.54, 1.807) is 0 Å². The van der Waals surface area contributed by atoms with E-state index in [1.165, 1.54) is 56.9 Å². The molecule has 0 heterocycles. The third-order valence-corrected chi connectivity index (χ3v) is 13.2. The second kappa shape index (κ2) is 6.50. The molecule has 5 saturated carbocycles. The Morgan fingerprint density at radius 2 is 1.52 bits per heavy atom. The van der Waals surface area contributed by atoms with Crippen LogP contribution in [0.15, 0.2) is 12.2 Å². The van der Waals surface area contributed by atoms with Crippen LogP contribution >= 0.6 is 0 Å². The first-order chi connectivity index (χ1) is 14.3. The highest BCUT2D eigenvalue weighted by molar-refractivity contribution is 5.85. The van der Waals surface area contributed by atoms with Gasteiger partial charge in [-0.2, -0.15) is 0 Å². The van der Waals surface area contributed by atoms with Crippen molar-refractivity contribution in [3.63, 3.8) is 0 Å². The Hall–Kier alpha value is -0.590. The van der Waals surface area contributed by atoms with Gasteiger partial charge in [0, 0.05) is 11.8 Å². The van der Waals surface area contributed by atoms with Gasteiger partial charge < -0.3 is 0 Å². The third kappa shape index (κ3) is 2.59. The second-order valence-electron chi connectivity index (χ2n) is 14.5. The van der Waals surface area contributed by atoms with Crippen LogP contribution in [0.4, 0.5) is 0 Å². The lowest BCUT2D eigenvalue weighted by molar-refractivity contribution is -0.232. The van der Waals surface area contributed by atoms with Gasteiger partial charge in [-0.25, -0.2) is 0 Å². The molecular weight excluding hydrogens is 376 g/mol. The van der Waals surface area contributed by atoms with Crippen molar-refractivity contribution in [1.82, 2.24) is 0 Å². The maximum absolute atomic E-state index is 12.9. The van der Waals surface area contributed by atoms with E-state index < -0.39 is 0 Å². The number of carbonyl (C=O) groups excluding carboxylic acids is 1. The standard InChI is InChI=1S/C30H48O/c1-19(2)20-11-14-27(5)17-18-29(7)21(25(20)27)9-10-23-28(6)15-13-24(31)26(3,4)22(28)12-16-30(23,29)8/h20-23,25H,1,9-18H2,2-8H3/t20-,21?,22?,23?,25?,27+,28-,29+,30+/m0/s1. The van der Waals surface area contributed by atoms with Crippen LogP contribution < -0.4 is 0 Å². The Morgan fingerprint density at radius 1 is 0.806 bits per heavy atom. The summed E-state index contributed by atoms with van der Waals surface area (Å²) in [6.45, 7) is 22.0. The summed E-state index contributed by atoms with van der Waals surface area (Å²) in [6, 6.07) is 0. The van der Waals surface area contributed by atoms with E-state index in [1.807, 2.05) is 0 Å². The molecule has 0 N–H and O–H groups in total. The Labute approximate surface area is 192 Å². The first-order valence-corrected chi connectivity index (χ1v) is 13.5. The minimum absolute atomic E-state index is 0.131. The average Bonchev–Trinajstić information content (AvgIpc) is 3.04. The van der Waals surface area contributed by atoms with Gasteiger partial charge in [0.1, 0.15) is 5.78 Å². The van der Waals surface area contributed by atoms with Crippen molar-refractivity contribution < 1.29 is 4.79 Å². The summed E-state index contributed by atoms with van der Waals surface area (Å²) in [5, 5.41) is 0. The SMILES string of the molecule is C=C(C)[C@@H]1CC[C@]2(C)CC[C@]3(C)C(CCC4[C@@]5(C)CCC(=O)C(C)(C)C5CC[C@]43C)C12. The number of hydrogen-bond donors (Lipinski definition) is 0. The van der Waals surface area contributed by atoms with Crippen molar-refractivity contribution in [3.8, 4) is 0 Å².